The predicted molar refractivity (Wildman–Crippen MR) is 128 cm³/mol. The van der Waals surface area contributed by atoms with Crippen LogP contribution in [-0.2, 0) is 20.7 Å². The van der Waals surface area contributed by atoms with Crippen molar-refractivity contribution >= 4 is 17.8 Å². The summed E-state index contributed by atoms with van der Waals surface area (Å²) in [4.78, 5) is 47.3. The molecule has 0 saturated carbocycles. The predicted octanol–water partition coefficient (Wildman–Crippen LogP) is 1.51. The molecule has 9 heteroatoms. The molecule has 3 fully saturated rings. The number of morpholine rings is 1. The summed E-state index contributed by atoms with van der Waals surface area (Å²) in [5.41, 5.74) is 0.873. The molecule has 35 heavy (non-hydrogen) atoms. The average molecular weight is 478 g/mol. The molecule has 4 amide bonds. The molecule has 2 atom stereocenters. The van der Waals surface area contributed by atoms with E-state index in [0.717, 1.165) is 11.1 Å². The lowest BCUT2D eigenvalue weighted by Crippen LogP contribution is -2.58. The number of hydrogen-bond donors (Lipinski definition) is 2. The van der Waals surface area contributed by atoms with Crippen LogP contribution < -0.4 is 10.6 Å². The van der Waals surface area contributed by atoms with Crippen molar-refractivity contribution in [3.8, 4) is 0 Å². The molecule has 184 valence electrons. The maximum Gasteiger partial charge on any atom is 0.322 e. The van der Waals surface area contributed by atoms with E-state index in [1.165, 1.54) is 0 Å². The number of piperidine rings is 1. The third kappa shape index (κ3) is 4.78. The molecule has 3 aliphatic heterocycles. The van der Waals surface area contributed by atoms with Gasteiger partial charge in [0, 0.05) is 45.0 Å². The summed E-state index contributed by atoms with van der Waals surface area (Å²) in [6.07, 6.45) is 5.17. The van der Waals surface area contributed by atoms with E-state index >= 15 is 0 Å². The Hall–Kier alpha value is -3.30. The van der Waals surface area contributed by atoms with Gasteiger partial charge in [-0.1, -0.05) is 36.4 Å². The van der Waals surface area contributed by atoms with E-state index in [1.54, 1.807) is 12.4 Å². The summed E-state index contributed by atoms with van der Waals surface area (Å²) >= 11 is 0. The van der Waals surface area contributed by atoms with Crippen molar-refractivity contribution in [2.75, 3.05) is 39.4 Å². The number of carbonyl (C=O) groups is 3. The summed E-state index contributed by atoms with van der Waals surface area (Å²) in [7, 11) is 0. The summed E-state index contributed by atoms with van der Waals surface area (Å²) in [6, 6.07) is 12.7. The maximum absolute atomic E-state index is 13.8. The molecule has 0 bridgehead atoms. The number of amides is 4. The number of rotatable bonds is 6. The number of benzene rings is 1. The van der Waals surface area contributed by atoms with E-state index in [1.807, 2.05) is 47.4 Å². The molecule has 0 spiro atoms. The number of urea groups is 1. The number of pyridine rings is 1. The number of nitrogens with one attached hydrogen (secondary N) is 2. The summed E-state index contributed by atoms with van der Waals surface area (Å²) in [5.74, 6) is -0.300. The highest BCUT2D eigenvalue weighted by Gasteiger charge is 2.52. The van der Waals surface area contributed by atoms with Gasteiger partial charge in [-0.15, -0.1) is 0 Å². The van der Waals surface area contributed by atoms with Crippen LogP contribution in [0.5, 0.6) is 0 Å². The molecule has 2 N–H and O–H groups in total. The lowest BCUT2D eigenvalue weighted by molar-refractivity contribution is -0.141. The second-order valence-electron chi connectivity index (χ2n) is 9.48. The first kappa shape index (κ1) is 23.4. The summed E-state index contributed by atoms with van der Waals surface area (Å²) < 4.78 is 5.51. The van der Waals surface area contributed by atoms with E-state index in [2.05, 4.69) is 20.5 Å². The Labute approximate surface area is 204 Å². The van der Waals surface area contributed by atoms with Gasteiger partial charge in [0.15, 0.2) is 0 Å². The second kappa shape index (κ2) is 10.1. The first-order chi connectivity index (χ1) is 17.1. The molecule has 3 aliphatic rings. The summed E-state index contributed by atoms with van der Waals surface area (Å²) in [6.45, 7) is 3.64. The first-order valence-corrected chi connectivity index (χ1v) is 12.2. The molecule has 9 nitrogen and oxygen atoms in total. The van der Waals surface area contributed by atoms with Crippen molar-refractivity contribution in [3.05, 3.63) is 66.0 Å². The van der Waals surface area contributed by atoms with Crippen molar-refractivity contribution in [2.45, 2.75) is 30.8 Å². The van der Waals surface area contributed by atoms with Crippen molar-refractivity contribution in [2.24, 2.45) is 5.92 Å². The lowest BCUT2D eigenvalue weighted by Gasteiger charge is -2.43. The Kier molecular flexibility index (Phi) is 6.79. The van der Waals surface area contributed by atoms with Crippen LogP contribution in [0.25, 0.3) is 0 Å². The Balaban J connectivity index is 1.33. The van der Waals surface area contributed by atoms with Crippen LogP contribution in [0.3, 0.4) is 0 Å². The van der Waals surface area contributed by atoms with E-state index in [-0.39, 0.29) is 17.7 Å². The van der Waals surface area contributed by atoms with Gasteiger partial charge in [0.1, 0.15) is 11.6 Å². The van der Waals surface area contributed by atoms with Crippen LogP contribution in [0.1, 0.15) is 30.0 Å². The molecule has 1 aromatic heterocycles. The number of ether oxygens (including phenoxy) is 1. The van der Waals surface area contributed by atoms with Gasteiger partial charge in [-0.3, -0.25) is 24.8 Å². The van der Waals surface area contributed by atoms with Crippen molar-refractivity contribution < 1.29 is 19.1 Å². The van der Waals surface area contributed by atoms with Crippen LogP contribution in [0.2, 0.25) is 0 Å². The smallest absolute Gasteiger partial charge is 0.322 e. The molecule has 0 radical (unpaired) electrons. The highest BCUT2D eigenvalue weighted by Crippen LogP contribution is 2.35. The first-order valence-electron chi connectivity index (χ1n) is 12.2. The quantitative estimate of drug-likeness (QED) is 0.612. The average Bonchev–Trinajstić information content (AvgIpc) is 3.19. The van der Waals surface area contributed by atoms with Gasteiger partial charge in [-0.25, -0.2) is 4.79 Å². The molecule has 2 aromatic rings. The Bertz CT molecular complexity index is 1050. The number of carbonyl (C=O) groups excluding carboxylic acids is 3. The maximum atomic E-state index is 13.8. The fourth-order valence-corrected chi connectivity index (χ4v) is 5.63. The van der Waals surface area contributed by atoms with Gasteiger partial charge in [0.2, 0.25) is 5.91 Å². The number of aromatic nitrogens is 1. The van der Waals surface area contributed by atoms with Gasteiger partial charge in [0.05, 0.1) is 13.2 Å². The van der Waals surface area contributed by atoms with Crippen molar-refractivity contribution in [3.63, 3.8) is 0 Å². The van der Waals surface area contributed by atoms with E-state index < -0.39 is 17.6 Å². The fourth-order valence-electron chi connectivity index (χ4n) is 5.63. The number of imide groups is 1. The molecule has 1 aromatic carbocycles. The van der Waals surface area contributed by atoms with E-state index in [0.29, 0.717) is 58.7 Å². The Morgan fingerprint density at radius 1 is 1.06 bits per heavy atom. The number of hydrogen-bond acceptors (Lipinski definition) is 6. The molecule has 5 rings (SSSR count). The highest BCUT2D eigenvalue weighted by molar-refractivity contribution is 6.07. The van der Waals surface area contributed by atoms with E-state index in [9.17, 15) is 14.4 Å². The topological polar surface area (TPSA) is 104 Å². The molecule has 3 saturated heterocycles. The van der Waals surface area contributed by atoms with Crippen LogP contribution in [0.15, 0.2) is 54.9 Å². The van der Waals surface area contributed by atoms with Gasteiger partial charge in [-0.2, -0.15) is 0 Å². The molecule has 4 heterocycles. The van der Waals surface area contributed by atoms with Gasteiger partial charge in [0.25, 0.3) is 5.91 Å². The zero-order valence-electron chi connectivity index (χ0n) is 19.7. The number of nitrogens with zero attached hydrogens (tertiary/aromatic N) is 3. The lowest BCUT2D eigenvalue weighted by atomic mass is 9.74. The normalized spacial score (nSPS) is 24.6. The summed E-state index contributed by atoms with van der Waals surface area (Å²) in [5, 5.41) is 5.39. The largest absolute Gasteiger partial charge is 0.379 e. The minimum absolute atomic E-state index is 0.0513. The van der Waals surface area contributed by atoms with Gasteiger partial charge >= 0.3 is 6.03 Å². The third-order valence-electron chi connectivity index (χ3n) is 7.44. The zero-order valence-corrected chi connectivity index (χ0v) is 19.7. The van der Waals surface area contributed by atoms with Gasteiger partial charge < -0.3 is 15.0 Å². The Morgan fingerprint density at radius 3 is 2.43 bits per heavy atom. The van der Waals surface area contributed by atoms with Gasteiger partial charge in [-0.05, 0) is 36.0 Å². The van der Waals surface area contributed by atoms with Crippen molar-refractivity contribution in [1.29, 1.82) is 0 Å². The van der Waals surface area contributed by atoms with Crippen LogP contribution in [0.4, 0.5) is 4.79 Å². The minimum Gasteiger partial charge on any atom is -0.379 e. The minimum atomic E-state index is -0.999. The SMILES string of the molecule is O=C1NC(=O)C(Cc2ccccc2)(C2CCN(C(=O)C(c3cccnc3)N3CCOCC3)CC2)N1. The monoisotopic (exact) mass is 477 g/mol. The third-order valence-corrected chi connectivity index (χ3v) is 7.44. The van der Waals surface area contributed by atoms with E-state index in [4.69, 9.17) is 4.74 Å². The molecule has 0 aliphatic carbocycles. The van der Waals surface area contributed by atoms with Crippen LogP contribution >= 0.6 is 0 Å². The highest BCUT2D eigenvalue weighted by atomic mass is 16.5. The fraction of sp³-hybridized carbons (Fsp3) is 0.462. The molecular weight excluding hydrogens is 446 g/mol. The Morgan fingerprint density at radius 2 is 1.80 bits per heavy atom. The molecule has 2 unspecified atom stereocenters. The van der Waals surface area contributed by atoms with Crippen LogP contribution in [0, 0.1) is 5.92 Å². The second-order valence-corrected chi connectivity index (χ2v) is 9.48. The van der Waals surface area contributed by atoms with Crippen molar-refractivity contribution in [1.82, 2.24) is 25.4 Å². The molecular formula is C26H31N5O4. The standard InChI is InChI=1S/C26H31N5O4/c32-23(22(20-7-4-10-27-18-20)30-13-15-35-16-14-30)31-11-8-21(9-12-31)26(24(33)28-25(34)29-26)17-19-5-2-1-3-6-19/h1-7,10,18,21-22H,8-9,11-17H2,(H2,28,29,33,34). The van der Waals surface area contributed by atoms with Crippen LogP contribution in [-0.4, -0.2) is 77.6 Å². The number of likely N-dealkylation sites (tertiary alicyclic amines) is 1. The zero-order chi connectivity index (χ0) is 24.3.